The van der Waals surface area contributed by atoms with Gasteiger partial charge >= 0.3 is 0 Å². The van der Waals surface area contributed by atoms with Crippen molar-refractivity contribution >= 4 is 34.8 Å². The number of aliphatic hydroxyl groups is 1. The van der Waals surface area contributed by atoms with Gasteiger partial charge in [0.05, 0.1) is 33.3 Å². The lowest BCUT2D eigenvalue weighted by Crippen LogP contribution is -2.40. The second-order valence-corrected chi connectivity index (χ2v) is 11.3. The summed E-state index contributed by atoms with van der Waals surface area (Å²) in [6.45, 7) is 0.123. The highest BCUT2D eigenvalue weighted by Crippen LogP contribution is 2.54. The van der Waals surface area contributed by atoms with Gasteiger partial charge in [0.15, 0.2) is 0 Å². The van der Waals surface area contributed by atoms with Crippen LogP contribution in [-0.2, 0) is 12.2 Å². The van der Waals surface area contributed by atoms with Crippen LogP contribution in [0.2, 0.25) is 15.1 Å². The lowest BCUT2D eigenvalue weighted by Gasteiger charge is -2.44. The molecule has 1 N–H and O–H groups in total. The number of hydrogen-bond donors (Lipinski definition) is 1. The zero-order valence-electron chi connectivity index (χ0n) is 20.9. The highest BCUT2D eigenvalue weighted by atomic mass is 35.5. The smallest absolute Gasteiger partial charge is 0.216 e. The van der Waals surface area contributed by atoms with Crippen molar-refractivity contribution in [3.8, 4) is 22.9 Å². The lowest BCUT2D eigenvalue weighted by atomic mass is 9.65. The van der Waals surface area contributed by atoms with E-state index in [1.807, 2.05) is 12.1 Å². The number of nitrogens with zero attached hydrogens (tertiary/aromatic N) is 2. The van der Waals surface area contributed by atoms with Gasteiger partial charge in [0.2, 0.25) is 5.88 Å². The van der Waals surface area contributed by atoms with Crippen LogP contribution >= 0.6 is 34.8 Å². The summed E-state index contributed by atoms with van der Waals surface area (Å²) in [5.74, 6) is 1.62. The number of methoxy groups -OCH3 is 1. The summed E-state index contributed by atoms with van der Waals surface area (Å²) < 4.78 is 30.9. The molecule has 0 aliphatic heterocycles. The quantitative estimate of drug-likeness (QED) is 0.224. The van der Waals surface area contributed by atoms with Gasteiger partial charge in [0.25, 0.3) is 0 Å². The number of rotatable bonds is 8. The highest BCUT2D eigenvalue weighted by molar-refractivity contribution is 6.39. The Bertz CT molecular complexity index is 1530. The van der Waals surface area contributed by atoms with Crippen LogP contribution < -0.4 is 9.47 Å². The third-order valence-electron chi connectivity index (χ3n) is 7.44. The van der Waals surface area contributed by atoms with Gasteiger partial charge in [-0.1, -0.05) is 52.1 Å². The summed E-state index contributed by atoms with van der Waals surface area (Å²) in [5.41, 5.74) is 2.09. The molecular weight excluding hydrogens is 566 g/mol. The first-order chi connectivity index (χ1) is 18.8. The van der Waals surface area contributed by atoms with Crippen LogP contribution in [0, 0.1) is 5.82 Å². The molecule has 0 spiro atoms. The second kappa shape index (κ2) is 10.3. The maximum atomic E-state index is 13.8. The Balaban J connectivity index is 1.21. The summed E-state index contributed by atoms with van der Waals surface area (Å²) >= 11 is 19.3. The van der Waals surface area contributed by atoms with Crippen molar-refractivity contribution in [1.29, 1.82) is 0 Å². The minimum Gasteiger partial charge on any atom is -0.489 e. The number of pyridine rings is 1. The summed E-state index contributed by atoms with van der Waals surface area (Å²) in [6, 6.07) is 11.5. The Kier molecular flexibility index (Phi) is 6.96. The SMILES string of the molecule is COc1ncccc1[C@H]1C[C@](O)(c2ccc(OCc3c(-c4c(Cl)cc(F)cc4Cl)noc3C3CC3)cc2Cl)C1. The molecule has 0 saturated heterocycles. The Morgan fingerprint density at radius 2 is 1.79 bits per heavy atom. The molecule has 2 aliphatic rings. The molecule has 4 aromatic rings. The van der Waals surface area contributed by atoms with E-state index in [1.165, 1.54) is 12.1 Å². The van der Waals surface area contributed by atoms with Crippen molar-refractivity contribution in [3.63, 3.8) is 0 Å². The molecule has 2 saturated carbocycles. The molecule has 0 amide bonds. The largest absolute Gasteiger partial charge is 0.489 e. The van der Waals surface area contributed by atoms with Gasteiger partial charge in [-0.05, 0) is 61.9 Å². The number of halogens is 4. The van der Waals surface area contributed by atoms with Gasteiger partial charge in [0.1, 0.15) is 29.6 Å². The average Bonchev–Trinajstić information content (AvgIpc) is 3.65. The van der Waals surface area contributed by atoms with Crippen LogP contribution in [0.15, 0.2) is 53.2 Å². The van der Waals surface area contributed by atoms with E-state index in [1.54, 1.807) is 31.5 Å². The lowest BCUT2D eigenvalue weighted by molar-refractivity contribution is -0.0554. The van der Waals surface area contributed by atoms with E-state index >= 15 is 0 Å². The molecule has 202 valence electrons. The molecule has 39 heavy (non-hydrogen) atoms. The standard InChI is InChI=1S/C29H24Cl3FN2O4/c1-37-28-19(3-2-8-34-28)16-12-29(36,13-16)21-7-6-18(11-22(21)30)38-14-20-26(35-39-27(20)15-4-5-15)25-23(31)9-17(33)10-24(25)32/h2-3,6-11,15-16,36H,4-5,12-14H2,1H3/t16-,29+. The molecule has 2 aromatic carbocycles. The first-order valence-electron chi connectivity index (χ1n) is 12.5. The second-order valence-electron chi connectivity index (χ2n) is 10.1. The molecular formula is C29H24Cl3FN2O4. The fourth-order valence-corrected chi connectivity index (χ4v) is 6.28. The van der Waals surface area contributed by atoms with Gasteiger partial charge in [-0.2, -0.15) is 0 Å². The van der Waals surface area contributed by atoms with E-state index in [0.717, 1.165) is 18.4 Å². The van der Waals surface area contributed by atoms with Gasteiger partial charge in [-0.15, -0.1) is 0 Å². The fourth-order valence-electron chi connectivity index (χ4n) is 5.29. The zero-order chi connectivity index (χ0) is 27.3. The van der Waals surface area contributed by atoms with Crippen molar-refractivity contribution in [1.82, 2.24) is 10.1 Å². The maximum Gasteiger partial charge on any atom is 0.216 e. The molecule has 2 aliphatic carbocycles. The number of ether oxygens (including phenoxy) is 2. The van der Waals surface area contributed by atoms with E-state index in [2.05, 4.69) is 10.1 Å². The van der Waals surface area contributed by atoms with Crippen LogP contribution in [0.5, 0.6) is 11.6 Å². The zero-order valence-corrected chi connectivity index (χ0v) is 23.2. The molecule has 6 nitrogen and oxygen atoms in total. The Morgan fingerprint density at radius 1 is 1.05 bits per heavy atom. The first-order valence-corrected chi connectivity index (χ1v) is 13.7. The van der Waals surface area contributed by atoms with Crippen molar-refractivity contribution in [2.45, 2.75) is 49.7 Å². The van der Waals surface area contributed by atoms with E-state index < -0.39 is 11.4 Å². The van der Waals surface area contributed by atoms with Crippen LogP contribution in [0.3, 0.4) is 0 Å². The van der Waals surface area contributed by atoms with Crippen molar-refractivity contribution in [2.24, 2.45) is 0 Å². The topological polar surface area (TPSA) is 77.6 Å². The van der Waals surface area contributed by atoms with E-state index in [-0.39, 0.29) is 28.5 Å². The van der Waals surface area contributed by atoms with Gasteiger partial charge in [-0.3, -0.25) is 0 Å². The van der Waals surface area contributed by atoms with Crippen molar-refractivity contribution < 1.29 is 23.5 Å². The van der Waals surface area contributed by atoms with Gasteiger partial charge in [-0.25, -0.2) is 9.37 Å². The first kappa shape index (κ1) is 26.4. The number of aromatic nitrogens is 2. The molecule has 0 atom stereocenters. The maximum absolute atomic E-state index is 13.8. The molecule has 2 fully saturated rings. The van der Waals surface area contributed by atoms with Gasteiger partial charge < -0.3 is 19.1 Å². The molecule has 6 rings (SSSR count). The van der Waals surface area contributed by atoms with Crippen LogP contribution in [0.25, 0.3) is 11.3 Å². The molecule has 0 radical (unpaired) electrons. The minimum atomic E-state index is -1.06. The summed E-state index contributed by atoms with van der Waals surface area (Å²) in [4.78, 5) is 4.26. The van der Waals surface area contributed by atoms with Gasteiger partial charge in [0, 0.05) is 28.8 Å². The Hall–Kier alpha value is -2.84. The monoisotopic (exact) mass is 588 g/mol. The summed E-state index contributed by atoms with van der Waals surface area (Å²) in [6.07, 6.45) is 4.66. The van der Waals surface area contributed by atoms with E-state index in [0.29, 0.717) is 57.6 Å². The van der Waals surface area contributed by atoms with Crippen molar-refractivity contribution in [2.75, 3.05) is 7.11 Å². The minimum absolute atomic E-state index is 0.114. The Morgan fingerprint density at radius 3 is 2.46 bits per heavy atom. The molecule has 10 heteroatoms. The Labute approximate surface area is 239 Å². The molecule has 0 unspecified atom stereocenters. The third kappa shape index (κ3) is 4.97. The van der Waals surface area contributed by atoms with Crippen LogP contribution in [0.1, 0.15) is 60.0 Å². The predicted octanol–water partition coefficient (Wildman–Crippen LogP) is 8.07. The normalized spacial score (nSPS) is 20.5. The fraction of sp³-hybridized carbons (Fsp3) is 0.310. The summed E-state index contributed by atoms with van der Waals surface area (Å²) in [5, 5.41) is 16.2. The molecule has 2 heterocycles. The van der Waals surface area contributed by atoms with E-state index in [9.17, 15) is 9.50 Å². The molecule has 0 bridgehead atoms. The van der Waals surface area contributed by atoms with Crippen LogP contribution in [0.4, 0.5) is 4.39 Å². The predicted molar refractivity (Wildman–Crippen MR) is 146 cm³/mol. The molecule has 2 aromatic heterocycles. The average molecular weight is 590 g/mol. The highest BCUT2D eigenvalue weighted by Gasteiger charge is 2.46. The van der Waals surface area contributed by atoms with E-state index in [4.69, 9.17) is 48.8 Å². The summed E-state index contributed by atoms with van der Waals surface area (Å²) in [7, 11) is 1.59. The number of hydrogen-bond acceptors (Lipinski definition) is 6. The third-order valence-corrected chi connectivity index (χ3v) is 8.35. The van der Waals surface area contributed by atoms with Crippen LogP contribution in [-0.4, -0.2) is 22.4 Å². The number of benzene rings is 2. The van der Waals surface area contributed by atoms with Crippen molar-refractivity contribution in [3.05, 3.63) is 92.0 Å².